The Labute approximate surface area is 119 Å². The van der Waals surface area contributed by atoms with Crippen molar-refractivity contribution in [2.45, 2.75) is 26.4 Å². The Balaban J connectivity index is 1.92. The summed E-state index contributed by atoms with van der Waals surface area (Å²) in [5, 5.41) is 7.57. The molecule has 0 aromatic carbocycles. The number of hydrogen-bond donors (Lipinski definition) is 2. The van der Waals surface area contributed by atoms with Gasteiger partial charge in [-0.05, 0) is 32.0 Å². The fourth-order valence-corrected chi connectivity index (χ4v) is 1.78. The highest BCUT2D eigenvalue weighted by atomic mass is 16.5. The maximum absolute atomic E-state index is 5.83. The van der Waals surface area contributed by atoms with Crippen LogP contribution in [0.4, 0.5) is 11.5 Å². The summed E-state index contributed by atoms with van der Waals surface area (Å²) in [5.41, 5.74) is 7.43. The van der Waals surface area contributed by atoms with Crippen LogP contribution in [0, 0.1) is 0 Å². The maximum atomic E-state index is 5.83. The summed E-state index contributed by atoms with van der Waals surface area (Å²) in [4.78, 5) is 4.36. The van der Waals surface area contributed by atoms with E-state index in [4.69, 9.17) is 10.5 Å². The number of nitrogens with two attached hydrogens (primary N) is 1. The molecular formula is C14H21N5O. The van der Waals surface area contributed by atoms with Gasteiger partial charge in [0.1, 0.15) is 5.82 Å². The molecule has 2 aromatic rings. The molecule has 0 saturated carbocycles. The summed E-state index contributed by atoms with van der Waals surface area (Å²) in [6.45, 7) is 4.65. The molecule has 108 valence electrons. The Morgan fingerprint density at radius 2 is 2.15 bits per heavy atom. The molecule has 3 N–H and O–H groups in total. The minimum absolute atomic E-state index is 0.0496. The Kier molecular flexibility index (Phi) is 4.45. The molecule has 0 amide bonds. The van der Waals surface area contributed by atoms with E-state index in [-0.39, 0.29) is 6.10 Å². The molecule has 6 heteroatoms. The number of ether oxygens (including phenoxy) is 1. The Morgan fingerprint density at radius 1 is 1.35 bits per heavy atom. The largest absolute Gasteiger partial charge is 0.473 e. The van der Waals surface area contributed by atoms with Gasteiger partial charge in [0.2, 0.25) is 5.88 Å². The lowest BCUT2D eigenvalue weighted by atomic mass is 10.3. The van der Waals surface area contributed by atoms with Gasteiger partial charge in [0.15, 0.2) is 0 Å². The summed E-state index contributed by atoms with van der Waals surface area (Å²) in [5.74, 6) is 1.23. The van der Waals surface area contributed by atoms with E-state index < -0.39 is 0 Å². The SMILES string of the molecule is CC(C)Oc1nc(NCCc2ccn(C)n2)ccc1N. The van der Waals surface area contributed by atoms with Crippen LogP contribution < -0.4 is 15.8 Å². The number of anilines is 2. The molecule has 2 heterocycles. The smallest absolute Gasteiger partial charge is 0.239 e. The molecule has 0 aliphatic carbocycles. The maximum Gasteiger partial charge on any atom is 0.239 e. The zero-order valence-electron chi connectivity index (χ0n) is 12.1. The van der Waals surface area contributed by atoms with Crippen LogP contribution in [0.15, 0.2) is 24.4 Å². The number of nitrogen functional groups attached to an aromatic ring is 1. The standard InChI is InChI=1S/C14H21N5O/c1-10(2)20-14-12(15)4-5-13(17-14)16-8-6-11-7-9-19(3)18-11/h4-5,7,9-10H,6,8,15H2,1-3H3,(H,16,17). The Morgan fingerprint density at radius 3 is 2.80 bits per heavy atom. The number of rotatable bonds is 6. The second-order valence-electron chi connectivity index (χ2n) is 4.91. The van der Waals surface area contributed by atoms with Crippen molar-refractivity contribution in [2.75, 3.05) is 17.6 Å². The van der Waals surface area contributed by atoms with Crippen LogP contribution in [0.25, 0.3) is 0 Å². The summed E-state index contributed by atoms with van der Waals surface area (Å²) < 4.78 is 7.36. The van der Waals surface area contributed by atoms with E-state index in [2.05, 4.69) is 15.4 Å². The van der Waals surface area contributed by atoms with Crippen LogP contribution in [-0.2, 0) is 13.5 Å². The van der Waals surface area contributed by atoms with E-state index in [0.29, 0.717) is 11.6 Å². The highest BCUT2D eigenvalue weighted by molar-refractivity contribution is 5.53. The monoisotopic (exact) mass is 275 g/mol. The molecule has 0 aliphatic rings. The molecular weight excluding hydrogens is 254 g/mol. The van der Waals surface area contributed by atoms with Gasteiger partial charge in [-0.25, -0.2) is 0 Å². The van der Waals surface area contributed by atoms with E-state index in [1.54, 1.807) is 10.7 Å². The highest BCUT2D eigenvalue weighted by Gasteiger charge is 2.06. The van der Waals surface area contributed by atoms with Gasteiger partial charge in [0.25, 0.3) is 0 Å². The van der Waals surface area contributed by atoms with E-state index >= 15 is 0 Å². The number of hydrogen-bond acceptors (Lipinski definition) is 5. The van der Waals surface area contributed by atoms with Gasteiger partial charge in [0.05, 0.1) is 17.5 Å². The van der Waals surface area contributed by atoms with Crippen molar-refractivity contribution in [3.05, 3.63) is 30.1 Å². The van der Waals surface area contributed by atoms with Crippen molar-refractivity contribution in [3.8, 4) is 5.88 Å². The fourth-order valence-electron chi connectivity index (χ4n) is 1.78. The lowest BCUT2D eigenvalue weighted by molar-refractivity contribution is 0.234. The first kappa shape index (κ1) is 14.2. The summed E-state index contributed by atoms with van der Waals surface area (Å²) in [6.07, 6.45) is 2.83. The molecule has 0 bridgehead atoms. The molecule has 2 rings (SSSR count). The number of pyridine rings is 1. The minimum Gasteiger partial charge on any atom is -0.473 e. The van der Waals surface area contributed by atoms with Crippen LogP contribution in [0.1, 0.15) is 19.5 Å². The lowest BCUT2D eigenvalue weighted by Crippen LogP contribution is -2.11. The molecule has 0 fully saturated rings. The third-order valence-electron chi connectivity index (χ3n) is 2.69. The van der Waals surface area contributed by atoms with E-state index in [9.17, 15) is 0 Å². The van der Waals surface area contributed by atoms with Gasteiger partial charge < -0.3 is 15.8 Å². The minimum atomic E-state index is 0.0496. The van der Waals surface area contributed by atoms with Gasteiger partial charge in [-0.15, -0.1) is 0 Å². The molecule has 0 atom stereocenters. The topological polar surface area (TPSA) is 78.0 Å². The fraction of sp³-hybridized carbons (Fsp3) is 0.429. The number of nitrogens with zero attached hydrogens (tertiary/aromatic N) is 3. The zero-order chi connectivity index (χ0) is 14.5. The third-order valence-corrected chi connectivity index (χ3v) is 2.69. The summed E-state index contributed by atoms with van der Waals surface area (Å²) in [7, 11) is 1.91. The van der Waals surface area contributed by atoms with Gasteiger partial charge in [-0.2, -0.15) is 10.1 Å². The first-order chi connectivity index (χ1) is 9.54. The first-order valence-electron chi connectivity index (χ1n) is 6.70. The second kappa shape index (κ2) is 6.27. The van der Waals surface area contributed by atoms with E-state index in [1.807, 2.05) is 39.2 Å². The molecule has 0 aliphatic heterocycles. The average Bonchev–Trinajstić information content (AvgIpc) is 2.78. The summed E-state index contributed by atoms with van der Waals surface area (Å²) >= 11 is 0. The average molecular weight is 275 g/mol. The molecule has 6 nitrogen and oxygen atoms in total. The van der Waals surface area contributed by atoms with Gasteiger partial charge in [-0.3, -0.25) is 4.68 Å². The van der Waals surface area contributed by atoms with Crippen molar-refractivity contribution in [3.63, 3.8) is 0 Å². The van der Waals surface area contributed by atoms with E-state index in [0.717, 1.165) is 24.5 Å². The van der Waals surface area contributed by atoms with Crippen molar-refractivity contribution in [2.24, 2.45) is 7.05 Å². The van der Waals surface area contributed by atoms with E-state index in [1.165, 1.54) is 0 Å². The molecule has 0 spiro atoms. The Hall–Kier alpha value is -2.24. The molecule has 0 saturated heterocycles. The Bertz CT molecular complexity index is 564. The first-order valence-corrected chi connectivity index (χ1v) is 6.70. The quantitative estimate of drug-likeness (QED) is 0.841. The van der Waals surface area contributed by atoms with Gasteiger partial charge in [0, 0.05) is 26.2 Å². The number of aromatic nitrogens is 3. The van der Waals surface area contributed by atoms with Crippen LogP contribution in [-0.4, -0.2) is 27.4 Å². The predicted molar refractivity (Wildman–Crippen MR) is 79.8 cm³/mol. The number of nitrogens with one attached hydrogen (secondary N) is 1. The lowest BCUT2D eigenvalue weighted by Gasteiger charge is -2.12. The van der Waals surface area contributed by atoms with Gasteiger partial charge >= 0.3 is 0 Å². The molecule has 0 radical (unpaired) electrons. The van der Waals surface area contributed by atoms with Crippen LogP contribution in [0.5, 0.6) is 5.88 Å². The number of aryl methyl sites for hydroxylation is 1. The van der Waals surface area contributed by atoms with Crippen molar-refractivity contribution >= 4 is 11.5 Å². The zero-order valence-corrected chi connectivity index (χ0v) is 12.1. The van der Waals surface area contributed by atoms with Crippen LogP contribution in [0.2, 0.25) is 0 Å². The normalized spacial score (nSPS) is 10.8. The van der Waals surface area contributed by atoms with Gasteiger partial charge in [-0.1, -0.05) is 0 Å². The molecule has 20 heavy (non-hydrogen) atoms. The second-order valence-corrected chi connectivity index (χ2v) is 4.91. The summed E-state index contributed by atoms with van der Waals surface area (Å²) in [6, 6.07) is 5.65. The van der Waals surface area contributed by atoms with Crippen molar-refractivity contribution in [1.29, 1.82) is 0 Å². The predicted octanol–water partition coefficient (Wildman–Crippen LogP) is 1.84. The van der Waals surface area contributed by atoms with Crippen molar-refractivity contribution in [1.82, 2.24) is 14.8 Å². The van der Waals surface area contributed by atoms with Crippen LogP contribution in [0.3, 0.4) is 0 Å². The molecule has 2 aromatic heterocycles. The highest BCUT2D eigenvalue weighted by Crippen LogP contribution is 2.21. The molecule has 0 unspecified atom stereocenters. The van der Waals surface area contributed by atoms with Crippen LogP contribution >= 0.6 is 0 Å². The van der Waals surface area contributed by atoms with Crippen molar-refractivity contribution < 1.29 is 4.74 Å². The third kappa shape index (κ3) is 3.88.